The number of benzene rings is 1. The molecule has 2 heterocycles. The zero-order chi connectivity index (χ0) is 14.5. The first-order valence-electron chi connectivity index (χ1n) is 7.97. The molecular formula is C18H26N3+3. The summed E-state index contributed by atoms with van der Waals surface area (Å²) in [7, 11) is 0. The number of quaternary nitrogens is 2. The second-order valence-corrected chi connectivity index (χ2v) is 6.25. The summed E-state index contributed by atoms with van der Waals surface area (Å²) in [5.41, 5.74) is 4.29. The SMILES string of the molecule is Cc1cccc(C[NH+]2CC[NH+](Cc3cc[nH+]cc3)CC2)c1. The standard InChI is InChI=1S/C18H23N3/c1-16-3-2-4-18(13-16)15-21-11-9-20(10-12-21)14-17-5-7-19-8-6-17/h2-8,13H,9-12,14-15H2,1H3/p+3. The van der Waals surface area contributed by atoms with Gasteiger partial charge in [-0.15, -0.1) is 0 Å². The van der Waals surface area contributed by atoms with Crippen LogP contribution in [0.1, 0.15) is 16.7 Å². The molecule has 0 spiro atoms. The maximum Gasteiger partial charge on any atom is 0.167 e. The second kappa shape index (κ2) is 6.83. The van der Waals surface area contributed by atoms with Gasteiger partial charge in [0.05, 0.1) is 0 Å². The van der Waals surface area contributed by atoms with E-state index in [4.69, 9.17) is 0 Å². The van der Waals surface area contributed by atoms with Gasteiger partial charge in [-0.25, -0.2) is 4.98 Å². The van der Waals surface area contributed by atoms with E-state index in [1.54, 1.807) is 9.80 Å². The van der Waals surface area contributed by atoms with Crippen LogP contribution in [0.5, 0.6) is 0 Å². The highest BCUT2D eigenvalue weighted by Crippen LogP contribution is 2.01. The second-order valence-electron chi connectivity index (χ2n) is 6.25. The number of aromatic amines is 1. The summed E-state index contributed by atoms with van der Waals surface area (Å²) in [6.45, 7) is 9.63. The molecule has 0 amide bonds. The van der Waals surface area contributed by atoms with E-state index in [-0.39, 0.29) is 0 Å². The molecule has 2 aromatic rings. The van der Waals surface area contributed by atoms with Crippen LogP contribution in [0.3, 0.4) is 0 Å². The van der Waals surface area contributed by atoms with Crippen LogP contribution in [-0.2, 0) is 13.1 Å². The average molecular weight is 284 g/mol. The molecule has 110 valence electrons. The van der Waals surface area contributed by atoms with Crippen molar-refractivity contribution in [2.24, 2.45) is 0 Å². The minimum Gasteiger partial charge on any atom is -0.322 e. The Hall–Kier alpha value is -1.71. The van der Waals surface area contributed by atoms with Gasteiger partial charge in [-0.1, -0.05) is 29.8 Å². The molecule has 1 aliphatic heterocycles. The van der Waals surface area contributed by atoms with Crippen LogP contribution in [0.25, 0.3) is 0 Å². The van der Waals surface area contributed by atoms with Gasteiger partial charge < -0.3 is 9.80 Å². The molecule has 0 radical (unpaired) electrons. The van der Waals surface area contributed by atoms with E-state index >= 15 is 0 Å². The highest BCUT2D eigenvalue weighted by molar-refractivity contribution is 5.21. The van der Waals surface area contributed by atoms with Crippen molar-refractivity contribution >= 4 is 0 Å². The number of hydrogen-bond donors (Lipinski definition) is 2. The van der Waals surface area contributed by atoms with Gasteiger partial charge in [-0.2, -0.15) is 0 Å². The number of hydrogen-bond acceptors (Lipinski definition) is 0. The van der Waals surface area contributed by atoms with Crippen molar-refractivity contribution in [1.82, 2.24) is 0 Å². The fourth-order valence-electron chi connectivity index (χ4n) is 3.25. The van der Waals surface area contributed by atoms with Gasteiger partial charge in [0.25, 0.3) is 0 Å². The van der Waals surface area contributed by atoms with Crippen LogP contribution < -0.4 is 14.8 Å². The van der Waals surface area contributed by atoms with E-state index in [2.05, 4.69) is 48.3 Å². The molecule has 21 heavy (non-hydrogen) atoms. The lowest BCUT2D eigenvalue weighted by molar-refractivity contribution is -1.02. The van der Waals surface area contributed by atoms with Crippen molar-refractivity contribution in [3.8, 4) is 0 Å². The van der Waals surface area contributed by atoms with E-state index < -0.39 is 0 Å². The number of pyridine rings is 1. The Kier molecular flexibility index (Phi) is 4.63. The minimum absolute atomic E-state index is 1.16. The van der Waals surface area contributed by atoms with Gasteiger partial charge in [0.2, 0.25) is 0 Å². The Labute approximate surface area is 127 Å². The van der Waals surface area contributed by atoms with Gasteiger partial charge in [0, 0.05) is 23.3 Å². The highest BCUT2D eigenvalue weighted by atomic mass is 15.3. The molecule has 1 aliphatic rings. The Morgan fingerprint density at radius 2 is 1.48 bits per heavy atom. The van der Waals surface area contributed by atoms with Crippen LogP contribution in [0.2, 0.25) is 0 Å². The summed E-state index contributed by atoms with van der Waals surface area (Å²) in [5.74, 6) is 0. The maximum atomic E-state index is 3.10. The molecule has 1 saturated heterocycles. The summed E-state index contributed by atoms with van der Waals surface area (Å²) >= 11 is 0. The van der Waals surface area contributed by atoms with Crippen LogP contribution in [0.15, 0.2) is 48.8 Å². The quantitative estimate of drug-likeness (QED) is 0.741. The van der Waals surface area contributed by atoms with E-state index in [9.17, 15) is 0 Å². The number of H-pyrrole nitrogens is 1. The summed E-state index contributed by atoms with van der Waals surface area (Å²) in [6.07, 6.45) is 4.04. The van der Waals surface area contributed by atoms with E-state index in [1.165, 1.54) is 49.4 Å². The lowest BCUT2D eigenvalue weighted by atomic mass is 10.1. The van der Waals surface area contributed by atoms with Crippen molar-refractivity contribution < 1.29 is 14.8 Å². The van der Waals surface area contributed by atoms with Crippen LogP contribution >= 0.6 is 0 Å². The van der Waals surface area contributed by atoms with E-state index in [0.29, 0.717) is 0 Å². The van der Waals surface area contributed by atoms with Gasteiger partial charge in [-0.3, -0.25) is 0 Å². The van der Waals surface area contributed by atoms with Gasteiger partial charge >= 0.3 is 0 Å². The summed E-state index contributed by atoms with van der Waals surface area (Å²) in [5, 5.41) is 0. The fraction of sp³-hybridized carbons (Fsp3) is 0.389. The molecule has 0 unspecified atom stereocenters. The first kappa shape index (κ1) is 14.2. The number of aromatic nitrogens is 1. The molecule has 1 aromatic carbocycles. The number of piperazine rings is 1. The Morgan fingerprint density at radius 3 is 2.10 bits per heavy atom. The molecule has 0 saturated carbocycles. The zero-order valence-corrected chi connectivity index (χ0v) is 12.9. The number of aryl methyl sites for hydroxylation is 1. The van der Waals surface area contributed by atoms with Gasteiger partial charge in [0.1, 0.15) is 39.3 Å². The molecule has 3 rings (SSSR count). The van der Waals surface area contributed by atoms with Crippen LogP contribution in [-0.4, -0.2) is 26.2 Å². The first-order chi connectivity index (χ1) is 10.3. The highest BCUT2D eigenvalue weighted by Gasteiger charge is 2.23. The predicted molar refractivity (Wildman–Crippen MR) is 83.0 cm³/mol. The van der Waals surface area contributed by atoms with Crippen molar-refractivity contribution in [2.75, 3.05) is 26.2 Å². The molecule has 3 heteroatoms. The topological polar surface area (TPSA) is 23.0 Å². The number of nitrogens with one attached hydrogen (secondary N) is 3. The first-order valence-corrected chi connectivity index (χ1v) is 7.97. The molecular weight excluding hydrogens is 258 g/mol. The molecule has 0 bridgehead atoms. The molecule has 3 N–H and O–H groups in total. The molecule has 0 aliphatic carbocycles. The van der Waals surface area contributed by atoms with E-state index in [1.807, 2.05) is 12.4 Å². The van der Waals surface area contributed by atoms with Crippen molar-refractivity contribution in [3.05, 3.63) is 65.5 Å². The average Bonchev–Trinajstić information content (AvgIpc) is 2.50. The zero-order valence-electron chi connectivity index (χ0n) is 12.9. The third kappa shape index (κ3) is 4.13. The monoisotopic (exact) mass is 284 g/mol. The fourth-order valence-corrected chi connectivity index (χ4v) is 3.25. The smallest absolute Gasteiger partial charge is 0.167 e. The van der Waals surface area contributed by atoms with Crippen LogP contribution in [0, 0.1) is 6.92 Å². The Balaban J connectivity index is 1.49. The largest absolute Gasteiger partial charge is 0.322 e. The predicted octanol–water partition coefficient (Wildman–Crippen LogP) is -0.707. The van der Waals surface area contributed by atoms with Crippen molar-refractivity contribution in [2.45, 2.75) is 20.0 Å². The lowest BCUT2D eigenvalue weighted by Gasteiger charge is -2.29. The molecule has 0 atom stereocenters. The van der Waals surface area contributed by atoms with Crippen molar-refractivity contribution in [1.29, 1.82) is 0 Å². The normalized spacial score (nSPS) is 22.1. The molecule has 1 aromatic heterocycles. The third-order valence-electron chi connectivity index (χ3n) is 4.44. The summed E-state index contributed by atoms with van der Waals surface area (Å²) in [6, 6.07) is 13.3. The maximum absolute atomic E-state index is 3.10. The Bertz CT molecular complexity index is 560. The van der Waals surface area contributed by atoms with Crippen molar-refractivity contribution in [3.63, 3.8) is 0 Å². The van der Waals surface area contributed by atoms with Crippen LogP contribution in [0.4, 0.5) is 0 Å². The summed E-state index contributed by atoms with van der Waals surface area (Å²) in [4.78, 5) is 6.54. The lowest BCUT2D eigenvalue weighted by Crippen LogP contribution is -3.27. The molecule has 1 fully saturated rings. The van der Waals surface area contributed by atoms with Gasteiger partial charge in [0.15, 0.2) is 12.4 Å². The number of rotatable bonds is 4. The minimum atomic E-state index is 1.16. The van der Waals surface area contributed by atoms with Gasteiger partial charge in [-0.05, 0) is 6.92 Å². The van der Waals surface area contributed by atoms with E-state index in [0.717, 1.165) is 6.54 Å². The third-order valence-corrected chi connectivity index (χ3v) is 4.44. The summed E-state index contributed by atoms with van der Waals surface area (Å²) < 4.78 is 0. The Morgan fingerprint density at radius 1 is 0.857 bits per heavy atom. The molecule has 3 nitrogen and oxygen atoms in total.